The monoisotopic (exact) mass is 228 g/mol. The first-order valence-electron chi connectivity index (χ1n) is 6.18. The van der Waals surface area contributed by atoms with Crippen molar-refractivity contribution in [1.29, 1.82) is 5.26 Å². The first-order chi connectivity index (χ1) is 8.29. The summed E-state index contributed by atoms with van der Waals surface area (Å²) in [7, 11) is 0. The van der Waals surface area contributed by atoms with Crippen molar-refractivity contribution in [3.63, 3.8) is 0 Å². The molecule has 88 valence electrons. The van der Waals surface area contributed by atoms with Crippen LogP contribution in [0, 0.1) is 16.7 Å². The van der Waals surface area contributed by atoms with Crippen LogP contribution in [0.2, 0.25) is 0 Å². The number of aromatic nitrogens is 1. The summed E-state index contributed by atoms with van der Waals surface area (Å²) in [6.07, 6.45) is 7.78. The molecule has 0 N–H and O–H groups in total. The highest BCUT2D eigenvalue weighted by Crippen LogP contribution is 2.59. The maximum atomic E-state index is 9.49. The fourth-order valence-electron chi connectivity index (χ4n) is 3.38. The predicted molar refractivity (Wildman–Crippen MR) is 63.2 cm³/mol. The van der Waals surface area contributed by atoms with Gasteiger partial charge in [-0.2, -0.15) is 5.26 Å². The first kappa shape index (κ1) is 10.7. The van der Waals surface area contributed by atoms with E-state index < -0.39 is 0 Å². The van der Waals surface area contributed by atoms with Gasteiger partial charge in [0.25, 0.3) is 0 Å². The highest BCUT2D eigenvalue weighted by Gasteiger charge is 2.56. The number of nitrogens with zero attached hydrogens (tertiary/aromatic N) is 2. The van der Waals surface area contributed by atoms with Crippen molar-refractivity contribution in [3.05, 3.63) is 30.1 Å². The van der Waals surface area contributed by atoms with Gasteiger partial charge < -0.3 is 4.74 Å². The zero-order valence-corrected chi connectivity index (χ0v) is 9.85. The van der Waals surface area contributed by atoms with Gasteiger partial charge in [0.1, 0.15) is 0 Å². The Balaban J connectivity index is 1.82. The van der Waals surface area contributed by atoms with Crippen LogP contribution in [0.4, 0.5) is 0 Å². The number of hydrogen-bond acceptors (Lipinski definition) is 3. The molecule has 2 aliphatic rings. The standard InChI is InChI=1S/C14H16N2O/c15-11-14(12-2-1-5-16-8-12)9-13(10-14)3-6-17-7-4-13/h1-2,5,8H,3-4,6-7,9-10H2. The third-order valence-electron chi connectivity index (χ3n) is 4.34. The van der Waals surface area contributed by atoms with Crippen molar-refractivity contribution >= 4 is 0 Å². The first-order valence-corrected chi connectivity index (χ1v) is 6.18. The maximum Gasteiger partial charge on any atom is 0.0847 e. The van der Waals surface area contributed by atoms with Gasteiger partial charge in [-0.3, -0.25) is 4.98 Å². The van der Waals surface area contributed by atoms with Gasteiger partial charge in [-0.25, -0.2) is 0 Å². The van der Waals surface area contributed by atoms with Gasteiger partial charge in [0.2, 0.25) is 0 Å². The summed E-state index contributed by atoms with van der Waals surface area (Å²) in [5.41, 5.74) is 1.16. The number of hydrogen-bond donors (Lipinski definition) is 0. The van der Waals surface area contributed by atoms with Crippen molar-refractivity contribution in [2.45, 2.75) is 31.1 Å². The van der Waals surface area contributed by atoms with Crippen LogP contribution in [0.3, 0.4) is 0 Å². The van der Waals surface area contributed by atoms with Gasteiger partial charge in [0.15, 0.2) is 0 Å². The summed E-state index contributed by atoms with van der Waals surface area (Å²) in [5.74, 6) is 0. The molecule has 17 heavy (non-hydrogen) atoms. The number of rotatable bonds is 1. The zero-order valence-electron chi connectivity index (χ0n) is 9.85. The molecule has 0 unspecified atom stereocenters. The van der Waals surface area contributed by atoms with E-state index in [2.05, 4.69) is 11.1 Å². The molecule has 0 radical (unpaired) electrons. The Bertz CT molecular complexity index is 435. The van der Waals surface area contributed by atoms with Crippen LogP contribution in [-0.4, -0.2) is 18.2 Å². The van der Waals surface area contributed by atoms with Crippen molar-refractivity contribution < 1.29 is 4.74 Å². The van der Waals surface area contributed by atoms with E-state index in [0.717, 1.165) is 44.5 Å². The van der Waals surface area contributed by atoms with Gasteiger partial charge in [-0.15, -0.1) is 0 Å². The van der Waals surface area contributed by atoms with Gasteiger partial charge in [-0.1, -0.05) is 6.07 Å². The van der Waals surface area contributed by atoms with E-state index in [9.17, 15) is 5.26 Å². The lowest BCUT2D eigenvalue weighted by Crippen LogP contribution is -2.51. The molecule has 0 amide bonds. The second-order valence-corrected chi connectivity index (χ2v) is 5.40. The van der Waals surface area contributed by atoms with Gasteiger partial charge >= 0.3 is 0 Å². The second kappa shape index (κ2) is 3.82. The number of nitriles is 1. The molecule has 2 fully saturated rings. The molecule has 0 aromatic carbocycles. The van der Waals surface area contributed by atoms with E-state index in [1.165, 1.54) is 0 Å². The van der Waals surface area contributed by atoms with E-state index in [1.807, 2.05) is 18.3 Å². The summed E-state index contributed by atoms with van der Waals surface area (Å²) in [6, 6.07) is 6.47. The summed E-state index contributed by atoms with van der Waals surface area (Å²) in [5, 5.41) is 9.49. The quantitative estimate of drug-likeness (QED) is 0.741. The molecule has 0 atom stereocenters. The summed E-state index contributed by atoms with van der Waals surface area (Å²) in [4.78, 5) is 4.14. The molecular formula is C14H16N2O. The van der Waals surface area contributed by atoms with Gasteiger partial charge in [0, 0.05) is 25.6 Å². The van der Waals surface area contributed by atoms with Gasteiger partial charge in [-0.05, 0) is 42.7 Å². The Morgan fingerprint density at radius 2 is 2.06 bits per heavy atom. The number of pyridine rings is 1. The van der Waals surface area contributed by atoms with Crippen LogP contribution in [0.25, 0.3) is 0 Å². The molecule has 1 aromatic rings. The van der Waals surface area contributed by atoms with Crippen molar-refractivity contribution in [1.82, 2.24) is 4.98 Å². The third-order valence-corrected chi connectivity index (χ3v) is 4.34. The van der Waals surface area contributed by atoms with Crippen LogP contribution in [-0.2, 0) is 10.2 Å². The van der Waals surface area contributed by atoms with Crippen LogP contribution >= 0.6 is 0 Å². The minimum atomic E-state index is -0.286. The average Bonchev–Trinajstić information content (AvgIpc) is 2.37. The van der Waals surface area contributed by atoms with E-state index in [4.69, 9.17) is 4.74 Å². The highest BCUT2D eigenvalue weighted by molar-refractivity contribution is 5.36. The highest BCUT2D eigenvalue weighted by atomic mass is 16.5. The molecule has 1 aromatic heterocycles. The molecule has 1 aliphatic carbocycles. The summed E-state index contributed by atoms with van der Waals surface area (Å²) < 4.78 is 5.41. The van der Waals surface area contributed by atoms with Gasteiger partial charge in [0.05, 0.1) is 11.5 Å². The van der Waals surface area contributed by atoms with E-state index in [0.29, 0.717) is 5.41 Å². The molecule has 3 rings (SSSR count). The molecule has 2 heterocycles. The largest absolute Gasteiger partial charge is 0.381 e. The Morgan fingerprint density at radius 3 is 2.65 bits per heavy atom. The smallest absolute Gasteiger partial charge is 0.0847 e. The van der Waals surface area contributed by atoms with E-state index in [-0.39, 0.29) is 5.41 Å². The SMILES string of the molecule is N#CC1(c2cccnc2)CC2(CCOCC2)C1. The Hall–Kier alpha value is -1.40. The minimum absolute atomic E-state index is 0.286. The molecule has 0 bridgehead atoms. The maximum absolute atomic E-state index is 9.49. The van der Waals surface area contributed by atoms with Crippen molar-refractivity contribution in [2.75, 3.05) is 13.2 Å². The van der Waals surface area contributed by atoms with Crippen molar-refractivity contribution in [3.8, 4) is 6.07 Å². The summed E-state index contributed by atoms with van der Waals surface area (Å²) in [6.45, 7) is 1.71. The lowest BCUT2D eigenvalue weighted by molar-refractivity contribution is -0.0578. The van der Waals surface area contributed by atoms with Crippen LogP contribution in [0.1, 0.15) is 31.2 Å². The molecule has 3 heteroatoms. The van der Waals surface area contributed by atoms with Crippen LogP contribution < -0.4 is 0 Å². The van der Waals surface area contributed by atoms with E-state index in [1.54, 1.807) is 6.20 Å². The Morgan fingerprint density at radius 1 is 1.29 bits per heavy atom. The molecule has 1 aliphatic heterocycles. The topological polar surface area (TPSA) is 45.9 Å². The number of ether oxygens (including phenoxy) is 1. The molecule has 3 nitrogen and oxygen atoms in total. The minimum Gasteiger partial charge on any atom is -0.381 e. The Kier molecular flexibility index (Phi) is 2.41. The lowest BCUT2D eigenvalue weighted by Gasteiger charge is -2.54. The fraction of sp³-hybridized carbons (Fsp3) is 0.571. The van der Waals surface area contributed by atoms with Crippen LogP contribution in [0.15, 0.2) is 24.5 Å². The molecular weight excluding hydrogens is 212 g/mol. The lowest BCUT2D eigenvalue weighted by atomic mass is 9.49. The molecule has 1 spiro atoms. The predicted octanol–water partition coefficient (Wildman–Crippen LogP) is 2.43. The Labute approximate surface area is 101 Å². The molecule has 1 saturated heterocycles. The molecule has 1 saturated carbocycles. The third kappa shape index (κ3) is 1.64. The second-order valence-electron chi connectivity index (χ2n) is 5.40. The van der Waals surface area contributed by atoms with E-state index >= 15 is 0 Å². The fourth-order valence-corrected chi connectivity index (χ4v) is 3.38. The van der Waals surface area contributed by atoms with Crippen LogP contribution in [0.5, 0.6) is 0 Å². The van der Waals surface area contributed by atoms with Crippen molar-refractivity contribution in [2.24, 2.45) is 5.41 Å². The zero-order chi connectivity index (χ0) is 11.8. The average molecular weight is 228 g/mol. The normalized spacial score (nSPS) is 24.9. The summed E-state index contributed by atoms with van der Waals surface area (Å²) >= 11 is 0.